The molecule has 3 nitrogen and oxygen atoms in total. The lowest BCUT2D eigenvalue weighted by Crippen LogP contribution is -2.19. The van der Waals surface area contributed by atoms with Gasteiger partial charge in [-0.15, -0.1) is 22.7 Å². The molecule has 0 saturated heterocycles. The molecule has 104 valence electrons. The number of rotatable bonds is 3. The molecule has 1 amide bonds. The summed E-state index contributed by atoms with van der Waals surface area (Å²) in [6.45, 7) is 2.04. The van der Waals surface area contributed by atoms with E-state index in [1.165, 1.54) is 28.8 Å². The molecule has 1 aliphatic carbocycles. The SMILES string of the molecule is Cc1ccsc1/C=N\NC(=O)c1csc2c1CCCC2. The van der Waals surface area contributed by atoms with E-state index in [-0.39, 0.29) is 5.91 Å². The van der Waals surface area contributed by atoms with Gasteiger partial charge in [-0.1, -0.05) is 0 Å². The molecular weight excluding hydrogens is 288 g/mol. The van der Waals surface area contributed by atoms with Crippen LogP contribution in [0.5, 0.6) is 0 Å². The molecule has 0 fully saturated rings. The lowest BCUT2D eigenvalue weighted by atomic mass is 9.96. The first kappa shape index (κ1) is 13.5. The summed E-state index contributed by atoms with van der Waals surface area (Å²) >= 11 is 3.33. The van der Waals surface area contributed by atoms with E-state index in [0.29, 0.717) is 0 Å². The molecule has 0 atom stereocenters. The molecule has 0 aliphatic heterocycles. The summed E-state index contributed by atoms with van der Waals surface area (Å²) in [6.07, 6.45) is 6.28. The Morgan fingerprint density at radius 3 is 3.00 bits per heavy atom. The largest absolute Gasteiger partial charge is 0.272 e. The topological polar surface area (TPSA) is 41.5 Å². The van der Waals surface area contributed by atoms with Crippen molar-refractivity contribution in [3.05, 3.63) is 43.3 Å². The van der Waals surface area contributed by atoms with Crippen LogP contribution in [0.3, 0.4) is 0 Å². The van der Waals surface area contributed by atoms with Gasteiger partial charge in [0.1, 0.15) is 0 Å². The van der Waals surface area contributed by atoms with E-state index in [1.807, 2.05) is 23.8 Å². The number of fused-ring (bicyclic) bond motifs is 1. The zero-order chi connectivity index (χ0) is 13.9. The van der Waals surface area contributed by atoms with Crippen molar-refractivity contribution in [3.63, 3.8) is 0 Å². The van der Waals surface area contributed by atoms with Crippen molar-refractivity contribution in [1.82, 2.24) is 5.43 Å². The predicted octanol–water partition coefficient (Wildman–Crippen LogP) is 3.76. The van der Waals surface area contributed by atoms with Crippen molar-refractivity contribution in [2.24, 2.45) is 5.10 Å². The average molecular weight is 304 g/mol. The van der Waals surface area contributed by atoms with Gasteiger partial charge in [-0.2, -0.15) is 5.10 Å². The molecule has 0 aromatic carbocycles. The second-order valence-corrected chi connectivity index (χ2v) is 6.84. The molecule has 0 saturated carbocycles. The Balaban J connectivity index is 1.69. The van der Waals surface area contributed by atoms with Crippen LogP contribution in [0.15, 0.2) is 21.9 Å². The number of hydrogen-bond acceptors (Lipinski definition) is 4. The van der Waals surface area contributed by atoms with E-state index >= 15 is 0 Å². The van der Waals surface area contributed by atoms with Crippen molar-refractivity contribution in [1.29, 1.82) is 0 Å². The van der Waals surface area contributed by atoms with E-state index in [9.17, 15) is 4.79 Å². The minimum absolute atomic E-state index is 0.0881. The quantitative estimate of drug-likeness (QED) is 0.681. The molecule has 3 rings (SSSR count). The smallest absolute Gasteiger partial charge is 0.267 e. The summed E-state index contributed by atoms with van der Waals surface area (Å²) in [6, 6.07) is 2.04. The van der Waals surface area contributed by atoms with Gasteiger partial charge in [-0.25, -0.2) is 5.43 Å². The summed E-state index contributed by atoms with van der Waals surface area (Å²) in [5.41, 5.74) is 5.87. The van der Waals surface area contributed by atoms with Crippen LogP contribution in [0.2, 0.25) is 0 Å². The Hall–Kier alpha value is -1.46. The van der Waals surface area contributed by atoms with Crippen molar-refractivity contribution in [2.45, 2.75) is 32.6 Å². The van der Waals surface area contributed by atoms with Gasteiger partial charge in [0, 0.05) is 15.1 Å². The van der Waals surface area contributed by atoms with Gasteiger partial charge < -0.3 is 0 Å². The van der Waals surface area contributed by atoms with Crippen LogP contribution in [0.4, 0.5) is 0 Å². The highest BCUT2D eigenvalue weighted by Gasteiger charge is 2.19. The number of nitrogens with one attached hydrogen (secondary N) is 1. The summed E-state index contributed by atoms with van der Waals surface area (Å²) in [5.74, 6) is -0.0881. The van der Waals surface area contributed by atoms with Crippen molar-refractivity contribution in [2.75, 3.05) is 0 Å². The van der Waals surface area contributed by atoms with Crippen molar-refractivity contribution < 1.29 is 4.79 Å². The van der Waals surface area contributed by atoms with Gasteiger partial charge in [0.2, 0.25) is 0 Å². The first-order valence-electron chi connectivity index (χ1n) is 6.72. The van der Waals surface area contributed by atoms with Crippen LogP contribution in [0.25, 0.3) is 0 Å². The molecule has 1 aliphatic rings. The minimum Gasteiger partial charge on any atom is -0.267 e. The van der Waals surface area contributed by atoms with Gasteiger partial charge in [-0.3, -0.25) is 4.79 Å². The van der Waals surface area contributed by atoms with Gasteiger partial charge in [0.25, 0.3) is 5.91 Å². The lowest BCUT2D eigenvalue weighted by molar-refractivity contribution is 0.0954. The number of carbonyl (C=O) groups excluding carboxylic acids is 1. The number of aryl methyl sites for hydroxylation is 2. The van der Waals surface area contributed by atoms with Crippen molar-refractivity contribution in [3.8, 4) is 0 Å². The Morgan fingerprint density at radius 2 is 2.20 bits per heavy atom. The minimum atomic E-state index is -0.0881. The lowest BCUT2D eigenvalue weighted by Gasteiger charge is -2.11. The molecule has 0 radical (unpaired) electrons. The Labute approximate surface area is 126 Å². The molecule has 20 heavy (non-hydrogen) atoms. The highest BCUT2D eigenvalue weighted by molar-refractivity contribution is 7.12. The monoisotopic (exact) mass is 304 g/mol. The van der Waals surface area contributed by atoms with Crippen LogP contribution in [-0.4, -0.2) is 12.1 Å². The van der Waals surface area contributed by atoms with Gasteiger partial charge >= 0.3 is 0 Å². The van der Waals surface area contributed by atoms with Crippen molar-refractivity contribution >= 4 is 34.8 Å². The first-order valence-corrected chi connectivity index (χ1v) is 8.48. The maximum atomic E-state index is 12.2. The molecule has 0 spiro atoms. The Morgan fingerprint density at radius 1 is 1.35 bits per heavy atom. The second-order valence-electron chi connectivity index (χ2n) is 4.93. The van der Waals surface area contributed by atoms with E-state index < -0.39 is 0 Å². The third kappa shape index (κ3) is 2.69. The Bertz CT molecular complexity index is 655. The van der Waals surface area contributed by atoms with Crippen LogP contribution in [0.1, 0.15) is 44.1 Å². The van der Waals surface area contributed by atoms with E-state index in [0.717, 1.165) is 23.3 Å². The standard InChI is InChI=1S/C15H16N2OS2/c1-10-6-7-19-14(10)8-16-17-15(18)12-9-20-13-5-3-2-4-11(12)13/h6-9H,2-5H2,1H3,(H,17,18)/b16-8-. The molecule has 1 N–H and O–H groups in total. The zero-order valence-corrected chi connectivity index (χ0v) is 12.9. The molecule has 2 heterocycles. The molecule has 0 bridgehead atoms. The number of amides is 1. The highest BCUT2D eigenvalue weighted by Crippen LogP contribution is 2.30. The van der Waals surface area contributed by atoms with E-state index in [4.69, 9.17) is 0 Å². The van der Waals surface area contributed by atoms with Gasteiger partial charge in [0.15, 0.2) is 0 Å². The molecular formula is C15H16N2OS2. The van der Waals surface area contributed by atoms with Crippen LogP contribution in [0, 0.1) is 6.92 Å². The maximum Gasteiger partial charge on any atom is 0.272 e. The van der Waals surface area contributed by atoms with Crippen LogP contribution in [-0.2, 0) is 12.8 Å². The van der Waals surface area contributed by atoms with Gasteiger partial charge in [0.05, 0.1) is 11.8 Å². The summed E-state index contributed by atoms with van der Waals surface area (Å²) in [7, 11) is 0. The third-order valence-corrected chi connectivity index (χ3v) is 5.60. The van der Waals surface area contributed by atoms with E-state index in [1.54, 1.807) is 28.9 Å². The normalized spacial score (nSPS) is 14.4. The fourth-order valence-corrected chi connectivity index (χ4v) is 4.32. The zero-order valence-electron chi connectivity index (χ0n) is 11.3. The molecule has 0 unspecified atom stereocenters. The average Bonchev–Trinajstić information content (AvgIpc) is 3.05. The molecule has 2 aromatic heterocycles. The number of hydrogen-bond donors (Lipinski definition) is 1. The number of carbonyl (C=O) groups is 1. The summed E-state index contributed by atoms with van der Waals surface area (Å²) < 4.78 is 0. The Kier molecular flexibility index (Phi) is 3.98. The van der Waals surface area contributed by atoms with E-state index in [2.05, 4.69) is 10.5 Å². The number of hydrazone groups is 1. The fourth-order valence-electron chi connectivity index (χ4n) is 2.41. The number of thiophene rings is 2. The first-order chi connectivity index (χ1) is 9.75. The van der Waals surface area contributed by atoms with Crippen LogP contribution >= 0.6 is 22.7 Å². The van der Waals surface area contributed by atoms with Gasteiger partial charge in [-0.05, 0) is 55.2 Å². The number of nitrogens with zero attached hydrogens (tertiary/aromatic N) is 1. The predicted molar refractivity (Wildman–Crippen MR) is 85.1 cm³/mol. The second kappa shape index (κ2) is 5.89. The summed E-state index contributed by atoms with van der Waals surface area (Å²) in [4.78, 5) is 14.6. The van der Waals surface area contributed by atoms with Crippen LogP contribution < -0.4 is 5.43 Å². The highest BCUT2D eigenvalue weighted by atomic mass is 32.1. The molecule has 2 aromatic rings. The third-order valence-electron chi connectivity index (χ3n) is 3.56. The molecule has 5 heteroatoms. The maximum absolute atomic E-state index is 12.2. The summed E-state index contributed by atoms with van der Waals surface area (Å²) in [5, 5.41) is 8.06. The fraction of sp³-hybridized carbons (Fsp3) is 0.333.